The number of H-pyrrole nitrogens is 1. The van der Waals surface area contributed by atoms with E-state index in [2.05, 4.69) is 14.9 Å². The van der Waals surface area contributed by atoms with Gasteiger partial charge in [-0.25, -0.2) is 23.7 Å². The van der Waals surface area contributed by atoms with Crippen molar-refractivity contribution in [3.63, 3.8) is 0 Å². The number of hydrogen-bond donors (Lipinski definition) is 2. The van der Waals surface area contributed by atoms with E-state index in [1.165, 1.54) is 30.5 Å². The minimum absolute atomic E-state index is 0.00428. The lowest BCUT2D eigenvalue weighted by Crippen LogP contribution is -2.17. The van der Waals surface area contributed by atoms with Gasteiger partial charge >= 0.3 is 5.97 Å². The fourth-order valence-corrected chi connectivity index (χ4v) is 2.16. The SMILES string of the molecule is [C-]#[N+]c1ccc(-c2c[nH]n(-c3ccc(C(=O)O)cn3)c2=O)cc1F. The quantitative estimate of drug-likeness (QED) is 0.724. The maximum Gasteiger partial charge on any atom is 0.337 e. The van der Waals surface area contributed by atoms with Crippen molar-refractivity contribution < 1.29 is 14.3 Å². The highest BCUT2D eigenvalue weighted by molar-refractivity contribution is 5.87. The molecule has 1 aromatic carbocycles. The monoisotopic (exact) mass is 324 g/mol. The Kier molecular flexibility index (Phi) is 3.67. The Morgan fingerprint density at radius 1 is 1.33 bits per heavy atom. The Bertz CT molecular complexity index is 1030. The standard InChI is InChI=1S/C16H9FN4O3/c1-18-13-4-2-9(6-12(13)17)11-8-20-21(15(11)22)14-5-3-10(7-19-14)16(23)24/h2-8,20H,(H,23,24). The molecule has 0 saturated heterocycles. The summed E-state index contributed by atoms with van der Waals surface area (Å²) >= 11 is 0. The molecule has 0 radical (unpaired) electrons. The number of carbonyl (C=O) groups is 1. The van der Waals surface area contributed by atoms with Gasteiger partial charge in [0.2, 0.25) is 5.69 Å². The Balaban J connectivity index is 2.03. The maximum atomic E-state index is 13.7. The van der Waals surface area contributed by atoms with Crippen LogP contribution in [0.2, 0.25) is 0 Å². The average molecular weight is 324 g/mol. The molecule has 0 fully saturated rings. The summed E-state index contributed by atoms with van der Waals surface area (Å²) in [7, 11) is 0. The molecule has 0 saturated carbocycles. The smallest absolute Gasteiger partial charge is 0.337 e. The van der Waals surface area contributed by atoms with E-state index in [4.69, 9.17) is 11.7 Å². The summed E-state index contributed by atoms with van der Waals surface area (Å²) in [6.45, 7) is 6.83. The Morgan fingerprint density at radius 2 is 2.12 bits per heavy atom. The van der Waals surface area contributed by atoms with Crippen molar-refractivity contribution in [3.05, 3.63) is 75.9 Å². The van der Waals surface area contributed by atoms with Gasteiger partial charge in [0.15, 0.2) is 5.82 Å². The molecule has 0 bridgehead atoms. The van der Waals surface area contributed by atoms with Crippen LogP contribution in [-0.2, 0) is 0 Å². The van der Waals surface area contributed by atoms with Gasteiger partial charge in [-0.05, 0) is 23.8 Å². The van der Waals surface area contributed by atoms with Crippen LogP contribution in [0.3, 0.4) is 0 Å². The average Bonchev–Trinajstić information content (AvgIpc) is 2.96. The second kappa shape index (κ2) is 5.81. The van der Waals surface area contributed by atoms with Crippen molar-refractivity contribution in [2.45, 2.75) is 0 Å². The van der Waals surface area contributed by atoms with Crippen molar-refractivity contribution in [2.24, 2.45) is 0 Å². The highest BCUT2D eigenvalue weighted by Gasteiger charge is 2.13. The molecule has 0 atom stereocenters. The third kappa shape index (κ3) is 2.55. The summed E-state index contributed by atoms with van der Waals surface area (Å²) in [5, 5.41) is 11.5. The molecule has 0 spiro atoms. The lowest BCUT2D eigenvalue weighted by molar-refractivity contribution is 0.0696. The summed E-state index contributed by atoms with van der Waals surface area (Å²) in [6, 6.07) is 6.60. The van der Waals surface area contributed by atoms with Crippen LogP contribution in [0.5, 0.6) is 0 Å². The summed E-state index contributed by atoms with van der Waals surface area (Å²) in [6.07, 6.45) is 2.52. The van der Waals surface area contributed by atoms with Crippen LogP contribution in [-0.4, -0.2) is 25.8 Å². The molecule has 3 aromatic rings. The number of hydrogen-bond acceptors (Lipinski definition) is 3. The number of nitrogens with one attached hydrogen (secondary N) is 1. The van der Waals surface area contributed by atoms with E-state index in [9.17, 15) is 14.0 Å². The zero-order valence-corrected chi connectivity index (χ0v) is 12.0. The molecule has 0 aliphatic heterocycles. The molecule has 0 aliphatic carbocycles. The largest absolute Gasteiger partial charge is 0.478 e. The van der Waals surface area contributed by atoms with Crippen LogP contribution in [0.15, 0.2) is 47.5 Å². The van der Waals surface area contributed by atoms with Gasteiger partial charge in [0.05, 0.1) is 17.7 Å². The van der Waals surface area contributed by atoms with Crippen LogP contribution < -0.4 is 5.56 Å². The number of halogens is 1. The second-order valence-electron chi connectivity index (χ2n) is 4.82. The van der Waals surface area contributed by atoms with Gasteiger partial charge in [-0.15, -0.1) is 0 Å². The predicted octanol–water partition coefficient (Wildman–Crippen LogP) is 2.62. The number of carboxylic acid groups (broad SMARTS) is 1. The third-order valence-electron chi connectivity index (χ3n) is 3.37. The molecule has 0 unspecified atom stereocenters. The summed E-state index contributed by atoms with van der Waals surface area (Å²) < 4.78 is 14.8. The number of aromatic nitrogens is 3. The molecule has 0 aliphatic rings. The first-order valence-electron chi connectivity index (χ1n) is 6.69. The molecule has 118 valence electrons. The van der Waals surface area contributed by atoms with Crippen LogP contribution in [0.4, 0.5) is 10.1 Å². The predicted molar refractivity (Wildman–Crippen MR) is 82.8 cm³/mol. The van der Waals surface area contributed by atoms with Crippen LogP contribution in [0.25, 0.3) is 21.8 Å². The summed E-state index contributed by atoms with van der Waals surface area (Å²) in [5.74, 6) is -1.63. The first-order valence-corrected chi connectivity index (χ1v) is 6.69. The normalized spacial score (nSPS) is 10.3. The molecule has 3 rings (SSSR count). The third-order valence-corrected chi connectivity index (χ3v) is 3.37. The van der Waals surface area contributed by atoms with E-state index in [-0.39, 0.29) is 22.6 Å². The lowest BCUT2D eigenvalue weighted by atomic mass is 10.1. The highest BCUT2D eigenvalue weighted by Crippen LogP contribution is 2.24. The molecular weight excluding hydrogens is 315 g/mol. The van der Waals surface area contributed by atoms with Crippen LogP contribution in [0, 0.1) is 12.4 Å². The van der Waals surface area contributed by atoms with Crippen LogP contribution >= 0.6 is 0 Å². The number of benzene rings is 1. The molecular formula is C16H9FN4O3. The van der Waals surface area contributed by atoms with Crippen LogP contribution in [0.1, 0.15) is 10.4 Å². The number of pyridine rings is 1. The van der Waals surface area contributed by atoms with Gasteiger partial charge < -0.3 is 5.11 Å². The Labute approximate surface area is 134 Å². The zero-order chi connectivity index (χ0) is 17.3. The van der Waals surface area contributed by atoms with E-state index in [0.717, 1.165) is 16.9 Å². The number of aromatic carboxylic acids is 1. The highest BCUT2D eigenvalue weighted by atomic mass is 19.1. The van der Waals surface area contributed by atoms with E-state index in [1.54, 1.807) is 0 Å². The van der Waals surface area contributed by atoms with Gasteiger partial charge in [0, 0.05) is 12.4 Å². The number of carboxylic acids is 1. The van der Waals surface area contributed by atoms with Gasteiger partial charge in [0.1, 0.15) is 5.82 Å². The first kappa shape index (κ1) is 15.2. The molecule has 24 heavy (non-hydrogen) atoms. The second-order valence-corrected chi connectivity index (χ2v) is 4.82. The topological polar surface area (TPSA) is 92.3 Å². The van der Waals surface area contributed by atoms with E-state index >= 15 is 0 Å². The van der Waals surface area contributed by atoms with Crippen molar-refractivity contribution in [1.29, 1.82) is 0 Å². The van der Waals surface area contributed by atoms with Gasteiger partial charge in [-0.3, -0.25) is 9.89 Å². The first-order chi connectivity index (χ1) is 11.5. The van der Waals surface area contributed by atoms with Crippen molar-refractivity contribution in [2.75, 3.05) is 0 Å². The van der Waals surface area contributed by atoms with Gasteiger partial charge in [-0.2, -0.15) is 0 Å². The Morgan fingerprint density at radius 3 is 2.71 bits per heavy atom. The fourth-order valence-electron chi connectivity index (χ4n) is 2.16. The molecule has 2 heterocycles. The Hall–Kier alpha value is -3.73. The lowest BCUT2D eigenvalue weighted by Gasteiger charge is -2.01. The maximum absolute atomic E-state index is 13.7. The summed E-state index contributed by atoms with van der Waals surface area (Å²) in [5.41, 5.74) is -0.0759. The minimum atomic E-state index is -1.12. The van der Waals surface area contributed by atoms with E-state index in [1.807, 2.05) is 0 Å². The van der Waals surface area contributed by atoms with Crippen molar-refractivity contribution >= 4 is 11.7 Å². The van der Waals surface area contributed by atoms with Crippen molar-refractivity contribution in [1.82, 2.24) is 14.8 Å². The van der Waals surface area contributed by atoms with E-state index < -0.39 is 17.3 Å². The molecule has 0 amide bonds. The molecule has 8 heteroatoms. The van der Waals surface area contributed by atoms with Crippen molar-refractivity contribution in [3.8, 4) is 16.9 Å². The number of rotatable bonds is 3. The zero-order valence-electron chi connectivity index (χ0n) is 12.0. The van der Waals surface area contributed by atoms with Gasteiger partial charge in [0.25, 0.3) is 5.56 Å². The van der Waals surface area contributed by atoms with E-state index in [0.29, 0.717) is 5.56 Å². The fraction of sp³-hybridized carbons (Fsp3) is 0. The summed E-state index contributed by atoms with van der Waals surface area (Å²) in [4.78, 5) is 30.2. The molecule has 2 aromatic heterocycles. The number of nitrogens with zero attached hydrogens (tertiary/aromatic N) is 3. The number of aromatic amines is 1. The van der Waals surface area contributed by atoms with Gasteiger partial charge in [-0.1, -0.05) is 12.1 Å². The molecule has 7 nitrogen and oxygen atoms in total. The minimum Gasteiger partial charge on any atom is -0.478 e. The molecule has 2 N–H and O–H groups in total.